The maximum absolute atomic E-state index is 12.7. The number of thiophene rings is 1. The third-order valence-corrected chi connectivity index (χ3v) is 5.88. The van der Waals surface area contributed by atoms with Crippen LogP contribution < -0.4 is 10.1 Å². The molecule has 2 aromatic rings. The quantitative estimate of drug-likeness (QED) is 0.715. The van der Waals surface area contributed by atoms with Gasteiger partial charge in [0.15, 0.2) is 0 Å². The lowest BCUT2D eigenvalue weighted by Gasteiger charge is -2.17. The molecule has 1 amide bonds. The number of nitrogens with one attached hydrogen (secondary N) is 1. The number of benzene rings is 1. The molecule has 0 aliphatic heterocycles. The van der Waals surface area contributed by atoms with Crippen molar-refractivity contribution in [3.8, 4) is 11.8 Å². The standard InChI is InChI=1S/C21H24N2O2S/c1-3-4-10-25-16-7-5-6-15(12-16)20(24)23-21-18(13-22)17-9-8-14(2)11-19(17)26-21/h5-7,12,14H,3-4,8-11H2,1-2H3,(H,23,24). The van der Waals surface area contributed by atoms with E-state index < -0.39 is 0 Å². The summed E-state index contributed by atoms with van der Waals surface area (Å²) < 4.78 is 5.68. The van der Waals surface area contributed by atoms with E-state index in [1.807, 2.05) is 12.1 Å². The molecule has 1 aromatic heterocycles. The molecule has 0 bridgehead atoms. The predicted molar refractivity (Wildman–Crippen MR) is 105 cm³/mol. The number of amides is 1. The van der Waals surface area contributed by atoms with Crippen LogP contribution in [0, 0.1) is 17.2 Å². The van der Waals surface area contributed by atoms with E-state index in [1.165, 1.54) is 4.88 Å². The molecular formula is C21H24N2O2S. The van der Waals surface area contributed by atoms with Crippen molar-refractivity contribution in [3.05, 3.63) is 45.8 Å². The van der Waals surface area contributed by atoms with Crippen molar-refractivity contribution < 1.29 is 9.53 Å². The highest BCUT2D eigenvalue weighted by Gasteiger charge is 2.24. The Kier molecular flexibility index (Phi) is 5.95. The van der Waals surface area contributed by atoms with Gasteiger partial charge in [-0.1, -0.05) is 26.3 Å². The van der Waals surface area contributed by atoms with Gasteiger partial charge >= 0.3 is 0 Å². The number of anilines is 1. The summed E-state index contributed by atoms with van der Waals surface area (Å²) in [6.45, 7) is 4.99. The van der Waals surface area contributed by atoms with Gasteiger partial charge in [-0.25, -0.2) is 0 Å². The maximum Gasteiger partial charge on any atom is 0.256 e. The van der Waals surface area contributed by atoms with Crippen molar-refractivity contribution in [1.29, 1.82) is 5.26 Å². The first-order chi connectivity index (χ1) is 12.6. The van der Waals surface area contributed by atoms with Gasteiger partial charge < -0.3 is 10.1 Å². The molecular weight excluding hydrogens is 344 g/mol. The summed E-state index contributed by atoms with van der Waals surface area (Å²) in [6.07, 6.45) is 5.07. The van der Waals surface area contributed by atoms with Crippen LogP contribution in [0.5, 0.6) is 5.75 Å². The molecule has 1 aliphatic carbocycles. The van der Waals surface area contributed by atoms with Gasteiger partial charge in [-0.05, 0) is 55.4 Å². The summed E-state index contributed by atoms with van der Waals surface area (Å²) >= 11 is 1.55. The average Bonchev–Trinajstić information content (AvgIpc) is 2.98. The molecule has 1 heterocycles. The number of fused-ring (bicyclic) bond motifs is 1. The van der Waals surface area contributed by atoms with Gasteiger partial charge in [-0.15, -0.1) is 11.3 Å². The van der Waals surface area contributed by atoms with Gasteiger partial charge in [-0.3, -0.25) is 4.79 Å². The molecule has 1 atom stereocenters. The minimum atomic E-state index is -0.200. The molecule has 1 N–H and O–H groups in total. The maximum atomic E-state index is 12.7. The van der Waals surface area contributed by atoms with E-state index in [4.69, 9.17) is 4.74 Å². The van der Waals surface area contributed by atoms with E-state index in [1.54, 1.807) is 23.5 Å². The first-order valence-electron chi connectivity index (χ1n) is 9.21. The Morgan fingerprint density at radius 3 is 3.08 bits per heavy atom. The summed E-state index contributed by atoms with van der Waals surface area (Å²) in [5.74, 6) is 1.13. The lowest BCUT2D eigenvalue weighted by atomic mass is 9.88. The number of rotatable bonds is 6. The second-order valence-corrected chi connectivity index (χ2v) is 7.96. The molecule has 0 radical (unpaired) electrons. The molecule has 1 unspecified atom stereocenters. The van der Waals surface area contributed by atoms with Crippen molar-refractivity contribution >= 4 is 22.2 Å². The Balaban J connectivity index is 1.76. The molecule has 0 saturated heterocycles. The highest BCUT2D eigenvalue weighted by atomic mass is 32.1. The largest absolute Gasteiger partial charge is 0.494 e. The molecule has 1 aromatic carbocycles. The Bertz CT molecular complexity index is 835. The topological polar surface area (TPSA) is 62.1 Å². The lowest BCUT2D eigenvalue weighted by Crippen LogP contribution is -2.12. The normalized spacial score (nSPS) is 15.8. The fourth-order valence-electron chi connectivity index (χ4n) is 3.19. The lowest BCUT2D eigenvalue weighted by molar-refractivity contribution is 0.102. The smallest absolute Gasteiger partial charge is 0.256 e. The summed E-state index contributed by atoms with van der Waals surface area (Å²) in [5, 5.41) is 13.2. The summed E-state index contributed by atoms with van der Waals surface area (Å²) in [5.41, 5.74) is 2.31. The zero-order valence-electron chi connectivity index (χ0n) is 15.3. The van der Waals surface area contributed by atoms with Crippen LogP contribution in [0.3, 0.4) is 0 Å². The second kappa shape index (κ2) is 8.37. The zero-order chi connectivity index (χ0) is 18.5. The van der Waals surface area contributed by atoms with E-state index in [2.05, 4.69) is 25.2 Å². The number of carbonyl (C=O) groups is 1. The van der Waals surface area contributed by atoms with Gasteiger partial charge in [-0.2, -0.15) is 5.26 Å². The molecule has 4 nitrogen and oxygen atoms in total. The van der Waals surface area contributed by atoms with Crippen molar-refractivity contribution in [2.75, 3.05) is 11.9 Å². The monoisotopic (exact) mass is 368 g/mol. The van der Waals surface area contributed by atoms with E-state index in [-0.39, 0.29) is 5.91 Å². The minimum Gasteiger partial charge on any atom is -0.494 e. The van der Waals surface area contributed by atoms with E-state index in [0.29, 0.717) is 34.4 Å². The molecule has 5 heteroatoms. The zero-order valence-corrected chi connectivity index (χ0v) is 16.1. The fraction of sp³-hybridized carbons (Fsp3) is 0.429. The van der Waals surface area contributed by atoms with Crippen molar-refractivity contribution in [3.63, 3.8) is 0 Å². The number of nitrogens with zero attached hydrogens (tertiary/aromatic N) is 1. The molecule has 136 valence electrons. The first-order valence-corrected chi connectivity index (χ1v) is 10.0. The van der Waals surface area contributed by atoms with Gasteiger partial charge in [0.1, 0.15) is 16.8 Å². The molecule has 1 aliphatic rings. The van der Waals surface area contributed by atoms with Crippen LogP contribution in [0.2, 0.25) is 0 Å². The van der Waals surface area contributed by atoms with Crippen LogP contribution in [-0.2, 0) is 12.8 Å². The molecule has 0 saturated carbocycles. The molecule has 0 spiro atoms. The van der Waals surface area contributed by atoms with Crippen LogP contribution in [0.1, 0.15) is 59.5 Å². The number of unbranched alkanes of at least 4 members (excludes halogenated alkanes) is 1. The van der Waals surface area contributed by atoms with Crippen molar-refractivity contribution in [2.24, 2.45) is 5.92 Å². The molecule has 0 fully saturated rings. The second-order valence-electron chi connectivity index (χ2n) is 6.85. The van der Waals surface area contributed by atoms with E-state index in [0.717, 1.165) is 37.7 Å². The number of ether oxygens (including phenoxy) is 1. The SMILES string of the molecule is CCCCOc1cccc(C(=O)Nc2sc3c(c2C#N)CCC(C)C3)c1. The third kappa shape index (κ3) is 4.08. The number of hydrogen-bond acceptors (Lipinski definition) is 4. The van der Waals surface area contributed by atoms with Crippen LogP contribution in [0.25, 0.3) is 0 Å². The molecule has 3 rings (SSSR count). The van der Waals surface area contributed by atoms with Gasteiger partial charge in [0.05, 0.1) is 12.2 Å². The van der Waals surface area contributed by atoms with Crippen LogP contribution in [-0.4, -0.2) is 12.5 Å². The van der Waals surface area contributed by atoms with E-state index in [9.17, 15) is 10.1 Å². The Morgan fingerprint density at radius 1 is 1.46 bits per heavy atom. The van der Waals surface area contributed by atoms with Crippen molar-refractivity contribution in [1.82, 2.24) is 0 Å². The Labute approximate surface area is 158 Å². The first kappa shape index (κ1) is 18.5. The fourth-order valence-corrected chi connectivity index (χ4v) is 4.55. The van der Waals surface area contributed by atoms with Crippen LogP contribution >= 0.6 is 11.3 Å². The Hall–Kier alpha value is -2.32. The number of hydrogen-bond donors (Lipinski definition) is 1. The number of carbonyl (C=O) groups excluding carboxylic acids is 1. The molecule has 26 heavy (non-hydrogen) atoms. The summed E-state index contributed by atoms with van der Waals surface area (Å²) in [4.78, 5) is 13.9. The Morgan fingerprint density at radius 2 is 2.31 bits per heavy atom. The van der Waals surface area contributed by atoms with Gasteiger partial charge in [0.25, 0.3) is 5.91 Å². The summed E-state index contributed by atoms with van der Waals surface area (Å²) in [7, 11) is 0. The predicted octanol–water partition coefficient (Wildman–Crippen LogP) is 5.18. The minimum absolute atomic E-state index is 0.200. The van der Waals surface area contributed by atoms with Crippen molar-refractivity contribution in [2.45, 2.75) is 46.0 Å². The highest BCUT2D eigenvalue weighted by Crippen LogP contribution is 2.39. The van der Waals surface area contributed by atoms with Crippen LogP contribution in [0.15, 0.2) is 24.3 Å². The van der Waals surface area contributed by atoms with Gasteiger partial charge in [0.2, 0.25) is 0 Å². The number of nitriles is 1. The van der Waals surface area contributed by atoms with E-state index >= 15 is 0 Å². The average molecular weight is 369 g/mol. The summed E-state index contributed by atoms with van der Waals surface area (Å²) in [6, 6.07) is 9.50. The third-order valence-electron chi connectivity index (χ3n) is 4.71. The van der Waals surface area contributed by atoms with Crippen LogP contribution in [0.4, 0.5) is 5.00 Å². The van der Waals surface area contributed by atoms with Gasteiger partial charge in [0, 0.05) is 10.4 Å². The highest BCUT2D eigenvalue weighted by molar-refractivity contribution is 7.16.